The zero-order chi connectivity index (χ0) is 14.4. The molecule has 0 bridgehead atoms. The van der Waals surface area contributed by atoms with Gasteiger partial charge in [0.05, 0.1) is 0 Å². The highest BCUT2D eigenvalue weighted by molar-refractivity contribution is 5.89. The Balaban J connectivity index is 1.90. The van der Waals surface area contributed by atoms with Crippen LogP contribution in [0.15, 0.2) is 0 Å². The van der Waals surface area contributed by atoms with E-state index in [-0.39, 0.29) is 18.6 Å². The molecule has 0 unspecified atom stereocenters. The van der Waals surface area contributed by atoms with Crippen LogP contribution in [0.4, 0.5) is 4.39 Å². The minimum absolute atomic E-state index is 0.0901. The summed E-state index contributed by atoms with van der Waals surface area (Å²) in [4.78, 5) is 24.0. The van der Waals surface area contributed by atoms with E-state index in [9.17, 15) is 9.59 Å². The van der Waals surface area contributed by atoms with Crippen molar-refractivity contribution in [3.05, 3.63) is 0 Å². The predicted octanol–water partition coefficient (Wildman–Crippen LogP) is 1.68. The van der Waals surface area contributed by atoms with Gasteiger partial charge in [0.1, 0.15) is 18.0 Å². The highest BCUT2D eigenvalue weighted by Crippen LogP contribution is 2.46. The fourth-order valence-electron chi connectivity index (χ4n) is 3.49. The second-order valence-electron chi connectivity index (χ2n) is 5.91. The van der Waals surface area contributed by atoms with Crippen LogP contribution in [-0.2, 0) is 23.8 Å². The lowest BCUT2D eigenvalue weighted by Crippen LogP contribution is -2.68. The fraction of sp³-hybridized carbons (Fsp3) is 0.857. The van der Waals surface area contributed by atoms with Crippen molar-refractivity contribution in [3.63, 3.8) is 0 Å². The number of halogens is 1. The molecule has 1 heterocycles. The predicted molar refractivity (Wildman–Crippen MR) is 65.7 cm³/mol. The van der Waals surface area contributed by atoms with Crippen LogP contribution in [0.5, 0.6) is 0 Å². The van der Waals surface area contributed by atoms with Crippen molar-refractivity contribution in [3.8, 4) is 0 Å². The molecule has 6 heteroatoms. The molecule has 0 amide bonds. The van der Waals surface area contributed by atoms with Gasteiger partial charge in [0.15, 0.2) is 0 Å². The molecule has 0 aromatic carbocycles. The lowest BCUT2D eigenvalue weighted by Gasteiger charge is -2.50. The lowest BCUT2D eigenvalue weighted by molar-refractivity contribution is -0.327. The molecular formula is C14H19FO5. The summed E-state index contributed by atoms with van der Waals surface area (Å²) in [5.41, 5.74) is -2.37. The first-order chi connectivity index (χ1) is 9.50. The molecule has 1 aliphatic heterocycles. The quantitative estimate of drug-likeness (QED) is 0.686. The van der Waals surface area contributed by atoms with Crippen molar-refractivity contribution in [2.45, 2.75) is 68.6 Å². The van der Waals surface area contributed by atoms with Gasteiger partial charge in [-0.15, -0.1) is 0 Å². The second-order valence-corrected chi connectivity index (χ2v) is 5.91. The second kappa shape index (κ2) is 4.77. The zero-order valence-corrected chi connectivity index (χ0v) is 11.5. The van der Waals surface area contributed by atoms with E-state index in [1.54, 1.807) is 0 Å². The average molecular weight is 286 g/mol. The minimum Gasteiger partial charge on any atom is -0.431 e. The summed E-state index contributed by atoms with van der Waals surface area (Å²) in [6.07, 6.45) is 1.52. The van der Waals surface area contributed by atoms with Crippen molar-refractivity contribution < 1.29 is 28.2 Å². The fourth-order valence-corrected chi connectivity index (χ4v) is 3.49. The van der Waals surface area contributed by atoms with E-state index in [4.69, 9.17) is 14.2 Å². The van der Waals surface area contributed by atoms with Gasteiger partial charge in [-0.25, -0.2) is 9.18 Å². The topological polar surface area (TPSA) is 61.8 Å². The number of methoxy groups -OCH3 is 1. The summed E-state index contributed by atoms with van der Waals surface area (Å²) < 4.78 is 31.2. The van der Waals surface area contributed by atoms with Crippen LogP contribution in [-0.4, -0.2) is 42.5 Å². The molecule has 0 aromatic heterocycles. The largest absolute Gasteiger partial charge is 0.431 e. The minimum atomic E-state index is -2.37. The number of carbonyl (C=O) groups is 2. The Labute approximate surface area is 116 Å². The summed E-state index contributed by atoms with van der Waals surface area (Å²) in [6, 6.07) is 0. The third-order valence-corrected chi connectivity index (χ3v) is 4.61. The summed E-state index contributed by atoms with van der Waals surface area (Å²) in [5.74, 6) is -2.11. The lowest BCUT2D eigenvalue weighted by atomic mass is 9.78. The number of fused-ring (bicyclic) bond motifs is 1. The molecule has 20 heavy (non-hydrogen) atoms. The zero-order valence-electron chi connectivity index (χ0n) is 11.5. The van der Waals surface area contributed by atoms with Crippen molar-refractivity contribution in [1.82, 2.24) is 0 Å². The van der Waals surface area contributed by atoms with Crippen molar-refractivity contribution in [1.29, 1.82) is 0 Å². The van der Waals surface area contributed by atoms with Gasteiger partial charge in [-0.3, -0.25) is 4.79 Å². The SMILES string of the molecule is CO[C@@H]1CC(=O)C[C@@H]2OC3(CCCCC3)OC(=O)[C@@]21F. The van der Waals surface area contributed by atoms with Crippen molar-refractivity contribution in [2.75, 3.05) is 7.11 Å². The Hall–Kier alpha value is -1.01. The first kappa shape index (κ1) is 13.9. The van der Waals surface area contributed by atoms with E-state index < -0.39 is 29.6 Å². The van der Waals surface area contributed by atoms with Crippen LogP contribution in [0.1, 0.15) is 44.9 Å². The van der Waals surface area contributed by atoms with Gasteiger partial charge in [0.25, 0.3) is 5.67 Å². The monoisotopic (exact) mass is 286 g/mol. The molecule has 2 saturated carbocycles. The van der Waals surface area contributed by atoms with E-state index in [1.807, 2.05) is 0 Å². The summed E-state index contributed by atoms with van der Waals surface area (Å²) in [7, 11) is 1.29. The van der Waals surface area contributed by atoms with Crippen LogP contribution in [0.3, 0.4) is 0 Å². The molecule has 5 nitrogen and oxygen atoms in total. The number of rotatable bonds is 1. The number of hydrogen-bond donors (Lipinski definition) is 0. The molecule has 3 fully saturated rings. The number of carbonyl (C=O) groups excluding carboxylic acids is 2. The van der Waals surface area contributed by atoms with Crippen molar-refractivity contribution >= 4 is 11.8 Å². The highest BCUT2D eigenvalue weighted by Gasteiger charge is 2.65. The van der Waals surface area contributed by atoms with Crippen LogP contribution in [0.2, 0.25) is 0 Å². The molecule has 3 rings (SSSR count). The first-order valence-electron chi connectivity index (χ1n) is 7.15. The van der Waals surface area contributed by atoms with Gasteiger partial charge in [-0.05, 0) is 12.8 Å². The maximum Gasteiger partial charge on any atom is 0.352 e. The Kier molecular flexibility index (Phi) is 3.33. The van der Waals surface area contributed by atoms with E-state index in [0.29, 0.717) is 12.8 Å². The maximum atomic E-state index is 15.1. The van der Waals surface area contributed by atoms with Crippen LogP contribution < -0.4 is 0 Å². The van der Waals surface area contributed by atoms with Crippen LogP contribution in [0, 0.1) is 0 Å². The molecule has 0 N–H and O–H groups in total. The summed E-state index contributed by atoms with van der Waals surface area (Å²) in [6.45, 7) is 0. The molecule has 0 radical (unpaired) electrons. The third kappa shape index (κ3) is 1.97. The normalized spacial score (nSPS) is 40.3. The number of esters is 1. The van der Waals surface area contributed by atoms with Gasteiger partial charge in [-0.2, -0.15) is 0 Å². The molecule has 3 aliphatic rings. The number of Topliss-reactive ketones (excluding diaryl/α,β-unsaturated/α-hetero) is 1. The average Bonchev–Trinajstić information content (AvgIpc) is 2.42. The van der Waals surface area contributed by atoms with Gasteiger partial charge < -0.3 is 14.2 Å². The van der Waals surface area contributed by atoms with Gasteiger partial charge >= 0.3 is 5.97 Å². The van der Waals surface area contributed by atoms with Gasteiger partial charge in [0.2, 0.25) is 5.79 Å². The third-order valence-electron chi connectivity index (χ3n) is 4.61. The number of ether oxygens (including phenoxy) is 3. The molecule has 2 aliphatic carbocycles. The highest BCUT2D eigenvalue weighted by atomic mass is 19.1. The number of ketones is 1. The Bertz CT molecular complexity index is 431. The molecule has 0 aromatic rings. The van der Waals surface area contributed by atoms with Crippen molar-refractivity contribution in [2.24, 2.45) is 0 Å². The smallest absolute Gasteiger partial charge is 0.352 e. The molecular weight excluding hydrogens is 267 g/mol. The van der Waals surface area contributed by atoms with Gasteiger partial charge in [0, 0.05) is 32.8 Å². The summed E-state index contributed by atoms with van der Waals surface area (Å²) in [5, 5.41) is 0. The number of alkyl halides is 1. The summed E-state index contributed by atoms with van der Waals surface area (Å²) >= 11 is 0. The van der Waals surface area contributed by atoms with Crippen LogP contribution >= 0.6 is 0 Å². The standard InChI is InChI=1S/C14H19FO5/c1-18-10-7-9(16)8-11-14(10,15)12(17)20-13(19-11)5-3-2-4-6-13/h10-11H,2-8H2,1H3/t10-,11+,14+/m1/s1. The molecule has 3 atom stereocenters. The first-order valence-corrected chi connectivity index (χ1v) is 7.15. The molecule has 1 saturated heterocycles. The molecule has 1 spiro atoms. The van der Waals surface area contributed by atoms with E-state index in [2.05, 4.69) is 0 Å². The van der Waals surface area contributed by atoms with E-state index >= 15 is 4.39 Å². The van der Waals surface area contributed by atoms with E-state index in [1.165, 1.54) is 7.11 Å². The van der Waals surface area contributed by atoms with Crippen LogP contribution in [0.25, 0.3) is 0 Å². The Morgan fingerprint density at radius 2 is 1.90 bits per heavy atom. The Morgan fingerprint density at radius 1 is 1.20 bits per heavy atom. The van der Waals surface area contributed by atoms with Gasteiger partial charge in [-0.1, -0.05) is 6.42 Å². The number of hydrogen-bond acceptors (Lipinski definition) is 5. The van der Waals surface area contributed by atoms with E-state index in [0.717, 1.165) is 19.3 Å². The Morgan fingerprint density at radius 3 is 2.55 bits per heavy atom. The maximum absolute atomic E-state index is 15.1. The molecule has 112 valence electrons.